The van der Waals surface area contributed by atoms with Gasteiger partial charge < -0.3 is 14.6 Å². The van der Waals surface area contributed by atoms with E-state index >= 15 is 0 Å². The normalized spacial score (nSPS) is 10.2. The molecule has 0 amide bonds. The first-order valence-electron chi connectivity index (χ1n) is 6.11. The zero-order valence-corrected chi connectivity index (χ0v) is 12.4. The van der Waals surface area contributed by atoms with Crippen molar-refractivity contribution in [2.24, 2.45) is 0 Å². The Morgan fingerprint density at radius 1 is 1.00 bits per heavy atom. The third-order valence-electron chi connectivity index (χ3n) is 2.61. The second-order valence-corrected chi connectivity index (χ2v) is 4.87. The zero-order valence-electron chi connectivity index (χ0n) is 10.9. The molecule has 0 fully saturated rings. The van der Waals surface area contributed by atoms with Crippen LogP contribution in [0.2, 0.25) is 10.0 Å². The van der Waals surface area contributed by atoms with Crippen molar-refractivity contribution in [1.29, 1.82) is 0 Å². The van der Waals surface area contributed by atoms with Crippen molar-refractivity contribution in [1.82, 2.24) is 0 Å². The lowest BCUT2D eigenvalue weighted by molar-refractivity contribution is 0.0447. The molecule has 0 saturated carbocycles. The second kappa shape index (κ2) is 7.20. The highest BCUT2D eigenvalue weighted by molar-refractivity contribution is 6.37. The average molecular weight is 327 g/mol. The summed E-state index contributed by atoms with van der Waals surface area (Å²) in [4.78, 5) is 11.7. The van der Waals surface area contributed by atoms with E-state index in [1.807, 2.05) is 0 Å². The molecule has 110 valence electrons. The fraction of sp³-hybridized carbons (Fsp3) is 0.133. The Labute approximate surface area is 131 Å². The van der Waals surface area contributed by atoms with Gasteiger partial charge in [-0.05, 0) is 24.3 Å². The van der Waals surface area contributed by atoms with Gasteiger partial charge in [0.15, 0.2) is 5.75 Å². The minimum atomic E-state index is -0.623. The number of para-hydroxylation sites is 2. The lowest BCUT2D eigenvalue weighted by Crippen LogP contribution is -2.12. The Kier molecular flexibility index (Phi) is 5.31. The van der Waals surface area contributed by atoms with Gasteiger partial charge in [0.1, 0.15) is 24.5 Å². The van der Waals surface area contributed by atoms with Gasteiger partial charge in [0.05, 0.1) is 10.0 Å². The van der Waals surface area contributed by atoms with Crippen molar-refractivity contribution in [3.8, 4) is 11.5 Å². The fourth-order valence-electron chi connectivity index (χ4n) is 1.62. The van der Waals surface area contributed by atoms with Crippen LogP contribution >= 0.6 is 23.2 Å². The zero-order chi connectivity index (χ0) is 15.2. The molecule has 4 nitrogen and oxygen atoms in total. The van der Waals surface area contributed by atoms with E-state index < -0.39 is 5.97 Å². The van der Waals surface area contributed by atoms with Crippen LogP contribution in [0.25, 0.3) is 0 Å². The van der Waals surface area contributed by atoms with Crippen molar-refractivity contribution >= 4 is 29.2 Å². The topological polar surface area (TPSA) is 55.8 Å². The number of rotatable bonds is 5. The standard InChI is InChI=1S/C15H12Cl2O4/c16-11-5-3-6-12(17)14(11)20-8-9-21-15(19)10-4-1-2-7-13(10)18/h1-7,18H,8-9H2. The predicted molar refractivity (Wildman–Crippen MR) is 80.3 cm³/mol. The summed E-state index contributed by atoms with van der Waals surface area (Å²) in [5.74, 6) is -0.404. The third kappa shape index (κ3) is 4.03. The Bertz CT molecular complexity index is 623. The van der Waals surface area contributed by atoms with Crippen LogP contribution < -0.4 is 4.74 Å². The maximum atomic E-state index is 11.7. The molecule has 6 heteroatoms. The number of hydrogen-bond donors (Lipinski definition) is 1. The minimum Gasteiger partial charge on any atom is -0.507 e. The van der Waals surface area contributed by atoms with Crippen LogP contribution in [-0.2, 0) is 4.74 Å². The van der Waals surface area contributed by atoms with Crippen molar-refractivity contribution in [2.75, 3.05) is 13.2 Å². The number of benzene rings is 2. The van der Waals surface area contributed by atoms with E-state index in [0.717, 1.165) is 0 Å². The van der Waals surface area contributed by atoms with Gasteiger partial charge >= 0.3 is 5.97 Å². The number of phenolic OH excluding ortho intramolecular Hbond substituents is 1. The van der Waals surface area contributed by atoms with Crippen LogP contribution in [0.4, 0.5) is 0 Å². The van der Waals surface area contributed by atoms with Gasteiger partial charge in [0.25, 0.3) is 0 Å². The van der Waals surface area contributed by atoms with Gasteiger partial charge in [-0.1, -0.05) is 41.4 Å². The summed E-state index contributed by atoms with van der Waals surface area (Å²) >= 11 is 11.9. The van der Waals surface area contributed by atoms with Crippen LogP contribution in [0.15, 0.2) is 42.5 Å². The van der Waals surface area contributed by atoms with Crippen molar-refractivity contribution in [3.63, 3.8) is 0 Å². The summed E-state index contributed by atoms with van der Waals surface area (Å²) < 4.78 is 10.4. The van der Waals surface area contributed by atoms with Gasteiger partial charge in [-0.25, -0.2) is 4.79 Å². The molecule has 1 N–H and O–H groups in total. The Morgan fingerprint density at radius 3 is 2.33 bits per heavy atom. The van der Waals surface area contributed by atoms with Gasteiger partial charge in [-0.3, -0.25) is 0 Å². The molecule has 2 rings (SSSR count). The van der Waals surface area contributed by atoms with Crippen molar-refractivity contribution in [3.05, 3.63) is 58.1 Å². The molecule has 0 atom stereocenters. The highest BCUT2D eigenvalue weighted by atomic mass is 35.5. The van der Waals surface area contributed by atoms with Crippen LogP contribution in [0, 0.1) is 0 Å². The van der Waals surface area contributed by atoms with Gasteiger partial charge in [0, 0.05) is 0 Å². The minimum absolute atomic E-state index is 0.00865. The molecule has 0 radical (unpaired) electrons. The predicted octanol–water partition coefficient (Wildman–Crippen LogP) is 3.93. The molecule has 0 aliphatic carbocycles. The van der Waals surface area contributed by atoms with Crippen molar-refractivity contribution in [2.45, 2.75) is 0 Å². The van der Waals surface area contributed by atoms with E-state index in [4.69, 9.17) is 32.7 Å². The molecule has 2 aromatic carbocycles. The molecule has 0 aliphatic rings. The van der Waals surface area contributed by atoms with E-state index in [9.17, 15) is 9.90 Å². The Balaban J connectivity index is 1.85. The van der Waals surface area contributed by atoms with E-state index in [0.29, 0.717) is 15.8 Å². The van der Waals surface area contributed by atoms with Crippen LogP contribution in [0.3, 0.4) is 0 Å². The number of esters is 1. The monoisotopic (exact) mass is 326 g/mol. The van der Waals surface area contributed by atoms with Crippen molar-refractivity contribution < 1.29 is 19.4 Å². The number of hydrogen-bond acceptors (Lipinski definition) is 4. The maximum absolute atomic E-state index is 11.7. The lowest BCUT2D eigenvalue weighted by Gasteiger charge is -2.10. The summed E-state index contributed by atoms with van der Waals surface area (Å²) in [7, 11) is 0. The summed E-state index contributed by atoms with van der Waals surface area (Å²) in [6.07, 6.45) is 0. The molecule has 2 aromatic rings. The number of ether oxygens (including phenoxy) is 2. The quantitative estimate of drug-likeness (QED) is 0.668. The van der Waals surface area contributed by atoms with Gasteiger partial charge in [-0.15, -0.1) is 0 Å². The van der Waals surface area contributed by atoms with Crippen LogP contribution in [0.1, 0.15) is 10.4 Å². The first kappa shape index (κ1) is 15.5. The highest BCUT2D eigenvalue weighted by Gasteiger charge is 2.12. The molecule has 0 aromatic heterocycles. The summed E-state index contributed by atoms with van der Waals surface area (Å²) in [6.45, 7) is 0.109. The molecular formula is C15H12Cl2O4. The average Bonchev–Trinajstić information content (AvgIpc) is 2.46. The molecule has 0 heterocycles. The highest BCUT2D eigenvalue weighted by Crippen LogP contribution is 2.32. The van der Waals surface area contributed by atoms with E-state index in [1.54, 1.807) is 30.3 Å². The van der Waals surface area contributed by atoms with Gasteiger partial charge in [-0.2, -0.15) is 0 Å². The number of aromatic hydroxyl groups is 1. The fourth-order valence-corrected chi connectivity index (χ4v) is 2.13. The smallest absolute Gasteiger partial charge is 0.342 e. The SMILES string of the molecule is O=C(OCCOc1c(Cl)cccc1Cl)c1ccccc1O. The summed E-state index contributed by atoms with van der Waals surface area (Å²) in [5, 5.41) is 10.3. The molecule has 0 unspecified atom stereocenters. The molecular weight excluding hydrogens is 315 g/mol. The van der Waals surface area contributed by atoms with E-state index in [1.165, 1.54) is 12.1 Å². The summed E-state index contributed by atoms with van der Waals surface area (Å²) in [6, 6.07) is 11.1. The molecule has 0 bridgehead atoms. The van der Waals surface area contributed by atoms with Crippen LogP contribution in [-0.4, -0.2) is 24.3 Å². The Morgan fingerprint density at radius 2 is 1.67 bits per heavy atom. The maximum Gasteiger partial charge on any atom is 0.342 e. The Hall–Kier alpha value is -1.91. The first-order valence-corrected chi connectivity index (χ1v) is 6.87. The van der Waals surface area contributed by atoms with E-state index in [2.05, 4.69) is 0 Å². The summed E-state index contributed by atoms with van der Waals surface area (Å²) in [5.41, 5.74) is 0.105. The number of phenols is 1. The number of carbonyl (C=O) groups excluding carboxylic acids is 1. The molecule has 0 saturated heterocycles. The van der Waals surface area contributed by atoms with Crippen LogP contribution in [0.5, 0.6) is 11.5 Å². The largest absolute Gasteiger partial charge is 0.507 e. The number of carbonyl (C=O) groups is 1. The van der Waals surface area contributed by atoms with E-state index in [-0.39, 0.29) is 24.5 Å². The molecule has 21 heavy (non-hydrogen) atoms. The third-order valence-corrected chi connectivity index (χ3v) is 3.20. The lowest BCUT2D eigenvalue weighted by atomic mass is 10.2. The molecule has 0 aliphatic heterocycles. The second-order valence-electron chi connectivity index (χ2n) is 4.05. The first-order chi connectivity index (χ1) is 10.1. The molecule has 0 spiro atoms. The number of halogens is 2. The van der Waals surface area contributed by atoms with Gasteiger partial charge in [0.2, 0.25) is 0 Å².